The lowest BCUT2D eigenvalue weighted by Gasteiger charge is -2.34. The third-order valence-corrected chi connectivity index (χ3v) is 4.14. The lowest BCUT2D eigenvalue weighted by Crippen LogP contribution is -2.47. The molecule has 1 N–H and O–H groups in total. The molecule has 25 heavy (non-hydrogen) atoms. The molecule has 0 atom stereocenters. The zero-order valence-electron chi connectivity index (χ0n) is 15.8. The molecule has 6 heteroatoms. The summed E-state index contributed by atoms with van der Waals surface area (Å²) in [5, 5.41) is 2.83. The zero-order chi connectivity index (χ0) is 18.9. The second kappa shape index (κ2) is 6.86. The highest BCUT2D eigenvalue weighted by atomic mass is 16.2. The molecule has 1 aromatic carbocycles. The lowest BCUT2D eigenvalue weighted by molar-refractivity contribution is 0.0636. The highest BCUT2D eigenvalue weighted by molar-refractivity contribution is 6.21. The number of anilines is 1. The van der Waals surface area contributed by atoms with E-state index in [0.717, 1.165) is 0 Å². The maximum absolute atomic E-state index is 12.5. The molecule has 0 aliphatic carbocycles. The fourth-order valence-electron chi connectivity index (χ4n) is 3.01. The van der Waals surface area contributed by atoms with Gasteiger partial charge in [0.2, 0.25) is 0 Å². The zero-order valence-corrected chi connectivity index (χ0v) is 15.8. The van der Waals surface area contributed by atoms with Gasteiger partial charge in [0.05, 0.1) is 11.1 Å². The highest BCUT2D eigenvalue weighted by Gasteiger charge is 2.36. The highest BCUT2D eigenvalue weighted by Crippen LogP contribution is 2.27. The number of hydrogen-bond donors (Lipinski definition) is 1. The summed E-state index contributed by atoms with van der Waals surface area (Å²) in [4.78, 5) is 40.4. The van der Waals surface area contributed by atoms with Gasteiger partial charge in [-0.05, 0) is 51.8 Å². The Balaban J connectivity index is 2.24. The summed E-state index contributed by atoms with van der Waals surface area (Å²) in [5.74, 6) is -0.365. The van der Waals surface area contributed by atoms with Gasteiger partial charge in [-0.3, -0.25) is 14.5 Å². The molecule has 4 amide bonds. The van der Waals surface area contributed by atoms with Crippen molar-refractivity contribution < 1.29 is 14.4 Å². The number of nitrogens with one attached hydrogen (secondary N) is 1. The van der Waals surface area contributed by atoms with Crippen molar-refractivity contribution in [3.05, 3.63) is 29.3 Å². The van der Waals surface area contributed by atoms with Crippen LogP contribution < -0.4 is 5.32 Å². The van der Waals surface area contributed by atoms with Crippen molar-refractivity contribution in [1.82, 2.24) is 9.80 Å². The van der Waals surface area contributed by atoms with Gasteiger partial charge >= 0.3 is 6.03 Å². The smallest absolute Gasteiger partial charge is 0.320 e. The van der Waals surface area contributed by atoms with Gasteiger partial charge in [-0.15, -0.1) is 0 Å². The summed E-state index contributed by atoms with van der Waals surface area (Å²) in [5.41, 5.74) is 0.947. The van der Waals surface area contributed by atoms with Crippen molar-refractivity contribution in [2.75, 3.05) is 18.4 Å². The van der Waals surface area contributed by atoms with Crippen LogP contribution in [0.1, 0.15) is 62.3 Å². The Kier molecular flexibility index (Phi) is 5.20. The monoisotopic (exact) mass is 345 g/mol. The Morgan fingerprint density at radius 3 is 2.28 bits per heavy atom. The third-order valence-electron chi connectivity index (χ3n) is 4.14. The minimum Gasteiger partial charge on any atom is -0.320 e. The van der Waals surface area contributed by atoms with Crippen LogP contribution in [-0.2, 0) is 0 Å². The number of nitrogens with zero attached hydrogens (tertiary/aromatic N) is 2. The standard InChI is InChI=1S/C19H27N3O3/c1-7-22(19(4,5)6)18(25)20-13-8-9-14-15(10-13)17(24)21(16(14)23)11-12(2)3/h8-10,12H,7,11H2,1-6H3,(H,20,25). The first-order valence-electron chi connectivity index (χ1n) is 8.65. The van der Waals surface area contributed by atoms with Gasteiger partial charge in [-0.1, -0.05) is 13.8 Å². The van der Waals surface area contributed by atoms with E-state index in [0.29, 0.717) is 29.9 Å². The maximum Gasteiger partial charge on any atom is 0.322 e. The molecule has 0 saturated carbocycles. The molecule has 1 aliphatic heterocycles. The number of benzene rings is 1. The molecule has 2 rings (SSSR count). The van der Waals surface area contributed by atoms with Crippen LogP contribution in [0, 0.1) is 5.92 Å². The summed E-state index contributed by atoms with van der Waals surface area (Å²) in [6.45, 7) is 12.7. The number of fused-ring (bicyclic) bond motifs is 1. The van der Waals surface area contributed by atoms with Crippen LogP contribution in [-0.4, -0.2) is 46.3 Å². The molecule has 1 aromatic rings. The quantitative estimate of drug-likeness (QED) is 0.848. The molecule has 0 unspecified atom stereocenters. The topological polar surface area (TPSA) is 69.7 Å². The Morgan fingerprint density at radius 2 is 1.76 bits per heavy atom. The summed E-state index contributed by atoms with van der Waals surface area (Å²) in [6.07, 6.45) is 0. The molecule has 0 spiro atoms. The Hall–Kier alpha value is -2.37. The van der Waals surface area contributed by atoms with Crippen molar-refractivity contribution in [2.45, 2.75) is 47.1 Å². The van der Waals surface area contributed by atoms with Crippen molar-refractivity contribution >= 4 is 23.5 Å². The first-order valence-corrected chi connectivity index (χ1v) is 8.65. The predicted molar refractivity (Wildman–Crippen MR) is 97.8 cm³/mol. The Morgan fingerprint density at radius 1 is 1.16 bits per heavy atom. The Labute approximate surface area is 149 Å². The van der Waals surface area contributed by atoms with Gasteiger partial charge in [-0.25, -0.2) is 4.79 Å². The number of imide groups is 1. The van der Waals surface area contributed by atoms with E-state index in [9.17, 15) is 14.4 Å². The number of hydrogen-bond acceptors (Lipinski definition) is 3. The van der Waals surface area contributed by atoms with Crippen molar-refractivity contribution in [3.8, 4) is 0 Å². The molecule has 0 saturated heterocycles. The van der Waals surface area contributed by atoms with E-state index in [4.69, 9.17) is 0 Å². The molecule has 1 aliphatic rings. The van der Waals surface area contributed by atoms with E-state index in [2.05, 4.69) is 5.32 Å². The molecule has 0 radical (unpaired) electrons. The number of carbonyl (C=O) groups is 3. The van der Waals surface area contributed by atoms with Crippen LogP contribution >= 0.6 is 0 Å². The fourth-order valence-corrected chi connectivity index (χ4v) is 3.01. The molecule has 136 valence electrons. The van der Waals surface area contributed by atoms with Crippen LogP contribution in [0.4, 0.5) is 10.5 Å². The van der Waals surface area contributed by atoms with Crippen LogP contribution in [0.15, 0.2) is 18.2 Å². The van der Waals surface area contributed by atoms with Crippen LogP contribution in [0.25, 0.3) is 0 Å². The van der Waals surface area contributed by atoms with Gasteiger partial charge in [0.15, 0.2) is 0 Å². The SMILES string of the molecule is CCN(C(=O)Nc1ccc2c(c1)C(=O)N(CC(C)C)C2=O)C(C)(C)C. The van der Waals surface area contributed by atoms with Crippen molar-refractivity contribution in [2.24, 2.45) is 5.92 Å². The van der Waals surface area contributed by atoms with Crippen LogP contribution in [0.3, 0.4) is 0 Å². The summed E-state index contributed by atoms with van der Waals surface area (Å²) < 4.78 is 0. The predicted octanol–water partition coefficient (Wildman–Crippen LogP) is 3.59. The van der Waals surface area contributed by atoms with Gasteiger partial charge in [-0.2, -0.15) is 0 Å². The van der Waals surface area contributed by atoms with E-state index < -0.39 is 0 Å². The third kappa shape index (κ3) is 3.83. The van der Waals surface area contributed by atoms with E-state index in [1.54, 1.807) is 23.1 Å². The molecule has 6 nitrogen and oxygen atoms in total. The first-order chi connectivity index (χ1) is 11.6. The van der Waals surface area contributed by atoms with Crippen molar-refractivity contribution in [3.63, 3.8) is 0 Å². The van der Waals surface area contributed by atoms with Gasteiger partial charge < -0.3 is 10.2 Å². The molecule has 0 bridgehead atoms. The fraction of sp³-hybridized carbons (Fsp3) is 0.526. The average Bonchev–Trinajstić information content (AvgIpc) is 2.71. The largest absolute Gasteiger partial charge is 0.322 e. The molecular formula is C19H27N3O3. The number of rotatable bonds is 4. The van der Waals surface area contributed by atoms with E-state index >= 15 is 0 Å². The van der Waals surface area contributed by atoms with E-state index in [1.165, 1.54) is 4.90 Å². The lowest BCUT2D eigenvalue weighted by atomic mass is 10.1. The molecule has 0 aromatic heterocycles. The Bertz CT molecular complexity index is 704. The second-order valence-corrected chi connectivity index (χ2v) is 7.72. The van der Waals surface area contributed by atoms with Gasteiger partial charge in [0, 0.05) is 24.3 Å². The minimum absolute atomic E-state index is 0.200. The summed E-state index contributed by atoms with van der Waals surface area (Å²) in [6, 6.07) is 4.63. The summed E-state index contributed by atoms with van der Waals surface area (Å²) >= 11 is 0. The van der Waals surface area contributed by atoms with E-state index in [1.807, 2.05) is 41.5 Å². The second-order valence-electron chi connectivity index (χ2n) is 7.72. The number of carbonyl (C=O) groups excluding carboxylic acids is 3. The van der Waals surface area contributed by atoms with Crippen molar-refractivity contribution in [1.29, 1.82) is 0 Å². The molecular weight excluding hydrogens is 318 g/mol. The van der Waals surface area contributed by atoms with Gasteiger partial charge in [0.1, 0.15) is 0 Å². The molecule has 0 fully saturated rings. The van der Waals surface area contributed by atoms with E-state index in [-0.39, 0.29) is 29.3 Å². The summed E-state index contributed by atoms with van der Waals surface area (Å²) in [7, 11) is 0. The van der Waals surface area contributed by atoms with Gasteiger partial charge in [0.25, 0.3) is 11.8 Å². The molecule has 1 heterocycles. The number of urea groups is 1. The minimum atomic E-state index is -0.310. The van der Waals surface area contributed by atoms with Crippen LogP contribution in [0.2, 0.25) is 0 Å². The first kappa shape index (κ1) is 19.0. The normalized spacial score (nSPS) is 14.1. The number of amides is 4. The maximum atomic E-state index is 12.5. The average molecular weight is 345 g/mol. The van der Waals surface area contributed by atoms with Crippen LogP contribution in [0.5, 0.6) is 0 Å².